The van der Waals surface area contributed by atoms with Gasteiger partial charge < -0.3 is 5.73 Å². The molecule has 0 saturated heterocycles. The van der Waals surface area contributed by atoms with Gasteiger partial charge in [-0.25, -0.2) is 8.42 Å². The number of alkyl halides is 3. The minimum atomic E-state index is -4.47. The topological polar surface area (TPSA) is 63.4 Å². The summed E-state index contributed by atoms with van der Waals surface area (Å²) in [6, 6.07) is 14.1. The second-order valence-corrected chi connectivity index (χ2v) is 8.56. The number of nitrogen functional groups attached to an aromatic ring is 1. The molecule has 0 bridgehead atoms. The number of fused-ring (bicyclic) bond motifs is 1. The van der Waals surface area contributed by atoms with E-state index in [1.54, 1.807) is 30.3 Å². The number of nitrogens with two attached hydrogens (primary N) is 1. The highest BCUT2D eigenvalue weighted by Crippen LogP contribution is 2.36. The van der Waals surface area contributed by atoms with E-state index in [9.17, 15) is 21.6 Å². The van der Waals surface area contributed by atoms with Crippen molar-refractivity contribution in [1.29, 1.82) is 0 Å². The molecule has 0 saturated carbocycles. The maximum absolute atomic E-state index is 13.0. The van der Waals surface area contributed by atoms with Gasteiger partial charge in [-0.3, -0.25) is 4.31 Å². The van der Waals surface area contributed by atoms with Gasteiger partial charge in [0.25, 0.3) is 10.0 Å². The van der Waals surface area contributed by atoms with E-state index in [0.717, 1.165) is 25.7 Å². The van der Waals surface area contributed by atoms with Crippen LogP contribution in [0.4, 0.5) is 23.9 Å². The smallest absolute Gasteiger partial charge is 0.390 e. The van der Waals surface area contributed by atoms with Gasteiger partial charge in [0.05, 0.1) is 11.3 Å². The van der Waals surface area contributed by atoms with Gasteiger partial charge in [-0.05, 0) is 41.8 Å². The van der Waals surface area contributed by atoms with E-state index in [1.807, 2.05) is 0 Å². The van der Waals surface area contributed by atoms with Crippen molar-refractivity contribution in [2.24, 2.45) is 0 Å². The van der Waals surface area contributed by atoms with Gasteiger partial charge in [0.2, 0.25) is 0 Å². The summed E-state index contributed by atoms with van der Waals surface area (Å²) in [5.74, 6) is 0. The van der Waals surface area contributed by atoms with Crippen molar-refractivity contribution in [3.8, 4) is 0 Å². The standard InChI is InChI=1S/C17H15F3N2O2S2/c18-17(19,20)9-10-22(16-11-12-3-1-2-4-15(12)25-16)26(23,24)14-7-5-13(21)6-8-14/h1-8,11H,9-10,21H2. The zero-order valence-electron chi connectivity index (χ0n) is 13.4. The average molecular weight is 400 g/mol. The molecule has 0 spiro atoms. The SMILES string of the molecule is Nc1ccc(S(=O)(=O)N(CCC(F)(F)F)c2cc3ccccc3s2)cc1. The Labute approximate surface area is 152 Å². The fourth-order valence-electron chi connectivity index (χ4n) is 2.43. The van der Waals surface area contributed by atoms with Crippen LogP contribution >= 0.6 is 11.3 Å². The maximum Gasteiger partial charge on any atom is 0.390 e. The number of rotatable bonds is 5. The lowest BCUT2D eigenvalue weighted by Gasteiger charge is -2.23. The third-order valence-electron chi connectivity index (χ3n) is 3.72. The van der Waals surface area contributed by atoms with Crippen LogP contribution in [0.25, 0.3) is 10.1 Å². The van der Waals surface area contributed by atoms with Gasteiger partial charge in [-0.2, -0.15) is 13.2 Å². The van der Waals surface area contributed by atoms with E-state index in [-0.39, 0.29) is 9.90 Å². The predicted octanol–water partition coefficient (Wildman–Crippen LogP) is 4.63. The molecule has 2 N–H and O–H groups in total. The summed E-state index contributed by atoms with van der Waals surface area (Å²) in [5, 5.41) is 1.02. The molecule has 0 radical (unpaired) electrons. The lowest BCUT2D eigenvalue weighted by Crippen LogP contribution is -2.33. The maximum atomic E-state index is 13.0. The Hall–Kier alpha value is -2.26. The van der Waals surface area contributed by atoms with Crippen LogP contribution < -0.4 is 10.0 Å². The van der Waals surface area contributed by atoms with Crippen molar-refractivity contribution in [2.75, 3.05) is 16.6 Å². The molecule has 0 aliphatic carbocycles. The molecule has 0 aliphatic rings. The van der Waals surface area contributed by atoms with Crippen LogP contribution in [0.5, 0.6) is 0 Å². The molecule has 0 fully saturated rings. The third kappa shape index (κ3) is 3.94. The molecule has 1 heterocycles. The number of sulfonamides is 1. The van der Waals surface area contributed by atoms with Crippen molar-refractivity contribution >= 4 is 42.1 Å². The monoisotopic (exact) mass is 400 g/mol. The van der Waals surface area contributed by atoms with Gasteiger partial charge in [-0.1, -0.05) is 18.2 Å². The van der Waals surface area contributed by atoms with Gasteiger partial charge in [0.15, 0.2) is 0 Å². The zero-order chi connectivity index (χ0) is 18.9. The second kappa shape index (κ2) is 6.81. The minimum absolute atomic E-state index is 0.105. The molecule has 0 amide bonds. The molecule has 9 heteroatoms. The Balaban J connectivity index is 2.06. The number of hydrogen-bond acceptors (Lipinski definition) is 4. The normalized spacial score (nSPS) is 12.4. The van der Waals surface area contributed by atoms with Gasteiger partial charge in [-0.15, -0.1) is 11.3 Å². The fourth-order valence-corrected chi connectivity index (χ4v) is 5.19. The molecule has 2 aromatic carbocycles. The molecular weight excluding hydrogens is 385 g/mol. The summed E-state index contributed by atoms with van der Waals surface area (Å²) >= 11 is 1.14. The Morgan fingerprint density at radius 3 is 2.31 bits per heavy atom. The first-order valence-corrected chi connectivity index (χ1v) is 9.86. The van der Waals surface area contributed by atoms with Crippen LogP contribution in [-0.4, -0.2) is 21.1 Å². The van der Waals surface area contributed by atoms with Crippen LogP contribution in [-0.2, 0) is 10.0 Å². The molecule has 1 aromatic heterocycles. The first-order chi connectivity index (χ1) is 12.2. The zero-order valence-corrected chi connectivity index (χ0v) is 15.0. The minimum Gasteiger partial charge on any atom is -0.399 e. The average Bonchev–Trinajstić information content (AvgIpc) is 2.97. The summed E-state index contributed by atoms with van der Waals surface area (Å²) in [7, 11) is -4.15. The van der Waals surface area contributed by atoms with Crippen molar-refractivity contribution in [2.45, 2.75) is 17.5 Å². The van der Waals surface area contributed by atoms with E-state index in [2.05, 4.69) is 0 Å². The molecule has 0 aliphatic heterocycles. The van der Waals surface area contributed by atoms with Crippen molar-refractivity contribution < 1.29 is 21.6 Å². The first kappa shape index (κ1) is 18.5. The molecule has 0 unspecified atom stereocenters. The van der Waals surface area contributed by atoms with Gasteiger partial charge in [0, 0.05) is 16.9 Å². The van der Waals surface area contributed by atoms with E-state index >= 15 is 0 Å². The summed E-state index contributed by atoms with van der Waals surface area (Å²) in [4.78, 5) is -0.105. The Morgan fingerprint density at radius 2 is 1.69 bits per heavy atom. The van der Waals surface area contributed by atoms with Crippen molar-refractivity contribution in [3.05, 3.63) is 54.6 Å². The number of halogens is 3. The summed E-state index contributed by atoms with van der Waals surface area (Å²) < 4.78 is 65.8. The summed E-state index contributed by atoms with van der Waals surface area (Å²) in [5.41, 5.74) is 5.94. The van der Waals surface area contributed by atoms with Gasteiger partial charge >= 0.3 is 6.18 Å². The largest absolute Gasteiger partial charge is 0.399 e. The lowest BCUT2D eigenvalue weighted by atomic mass is 10.3. The van der Waals surface area contributed by atoms with E-state index in [0.29, 0.717) is 5.69 Å². The summed E-state index contributed by atoms with van der Waals surface area (Å²) in [6.07, 6.45) is -5.71. The van der Waals surface area contributed by atoms with E-state index < -0.39 is 29.2 Å². The second-order valence-electron chi connectivity index (χ2n) is 5.63. The molecule has 4 nitrogen and oxygen atoms in total. The highest BCUT2D eigenvalue weighted by atomic mass is 32.2. The molecular formula is C17H15F3N2O2S2. The first-order valence-electron chi connectivity index (χ1n) is 7.60. The van der Waals surface area contributed by atoms with Crippen LogP contribution in [0.15, 0.2) is 59.5 Å². The molecule has 3 rings (SSSR count). The van der Waals surface area contributed by atoms with Crippen molar-refractivity contribution in [1.82, 2.24) is 0 Å². The Kier molecular flexibility index (Phi) is 4.85. The number of hydrogen-bond donors (Lipinski definition) is 1. The Morgan fingerprint density at radius 1 is 1.04 bits per heavy atom. The van der Waals surface area contributed by atoms with E-state index in [1.165, 1.54) is 24.3 Å². The molecule has 138 valence electrons. The highest BCUT2D eigenvalue weighted by Gasteiger charge is 2.33. The van der Waals surface area contributed by atoms with Gasteiger partial charge in [0.1, 0.15) is 5.00 Å². The van der Waals surface area contributed by atoms with Crippen LogP contribution in [0, 0.1) is 0 Å². The number of anilines is 2. The highest BCUT2D eigenvalue weighted by molar-refractivity contribution is 7.93. The van der Waals surface area contributed by atoms with Crippen LogP contribution in [0.3, 0.4) is 0 Å². The number of benzene rings is 2. The predicted molar refractivity (Wildman–Crippen MR) is 97.9 cm³/mol. The quantitative estimate of drug-likeness (QED) is 0.635. The van der Waals surface area contributed by atoms with Crippen LogP contribution in [0.2, 0.25) is 0 Å². The molecule has 0 atom stereocenters. The van der Waals surface area contributed by atoms with Crippen LogP contribution in [0.1, 0.15) is 6.42 Å². The molecule has 3 aromatic rings. The van der Waals surface area contributed by atoms with E-state index in [4.69, 9.17) is 5.73 Å². The lowest BCUT2D eigenvalue weighted by molar-refractivity contribution is -0.131. The number of thiophene rings is 1. The van der Waals surface area contributed by atoms with Crippen molar-refractivity contribution in [3.63, 3.8) is 0 Å². The summed E-state index contributed by atoms with van der Waals surface area (Å²) in [6.45, 7) is -0.691. The molecule has 26 heavy (non-hydrogen) atoms. The third-order valence-corrected chi connectivity index (χ3v) is 6.81. The fraction of sp³-hybridized carbons (Fsp3) is 0.176. The Bertz CT molecular complexity index is 979. The number of nitrogens with zero attached hydrogens (tertiary/aromatic N) is 1.